The normalized spacial score (nSPS) is 21.7. The molecular formula is C43H85NO12S. The van der Waals surface area contributed by atoms with E-state index in [-0.39, 0.29) is 6.42 Å². The van der Waals surface area contributed by atoms with Gasteiger partial charge in [-0.15, -0.1) is 0 Å². The molecule has 1 saturated heterocycles. The zero-order valence-electron chi connectivity index (χ0n) is 35.8. The number of carbonyl (C=O) groups is 1. The molecule has 1 aliphatic rings. The van der Waals surface area contributed by atoms with Crippen molar-refractivity contribution in [3.63, 3.8) is 0 Å². The fourth-order valence-electron chi connectivity index (χ4n) is 7.58. The summed E-state index contributed by atoms with van der Waals surface area (Å²) in [6.45, 7) is 3.25. The first-order valence-corrected chi connectivity index (χ1v) is 24.4. The molecule has 57 heavy (non-hydrogen) atoms. The summed E-state index contributed by atoms with van der Waals surface area (Å²) in [5, 5.41) is 55.2. The first-order chi connectivity index (χ1) is 27.4. The maximum atomic E-state index is 13.1. The molecule has 1 amide bonds. The second kappa shape index (κ2) is 34.7. The van der Waals surface area contributed by atoms with Gasteiger partial charge in [0.25, 0.3) is 0 Å². The minimum Gasteiger partial charge on any atom is -0.394 e. The summed E-state index contributed by atoms with van der Waals surface area (Å²) < 4.78 is 47.5. The third-order valence-corrected chi connectivity index (χ3v) is 11.7. The Bertz CT molecular complexity index is 1050. The number of amides is 1. The van der Waals surface area contributed by atoms with E-state index >= 15 is 0 Å². The molecule has 1 heterocycles. The summed E-state index contributed by atoms with van der Waals surface area (Å²) >= 11 is 0. The van der Waals surface area contributed by atoms with Crippen LogP contribution in [0, 0.1) is 0 Å². The standard InChI is InChI=1S/C43H85NO12S/c1-3-5-7-9-11-13-14-15-16-17-18-19-20-21-22-24-25-27-29-31-36(46)35(44-42(50)37(47)32-30-28-26-23-12-10-8-6-4-2)34-54-43-40(49)41(56-57(51,52)53)39(48)38(33-45)55-43/h35-41,43,45-49H,3-34H2,1-2H3,(H,44,50)(H,51,52,53). The van der Waals surface area contributed by atoms with Crippen molar-refractivity contribution in [1.82, 2.24) is 5.32 Å². The average molecular weight is 840 g/mol. The Labute approximate surface area is 346 Å². The van der Waals surface area contributed by atoms with Crippen LogP contribution in [0.25, 0.3) is 0 Å². The summed E-state index contributed by atoms with van der Waals surface area (Å²) in [4.78, 5) is 13.1. The van der Waals surface area contributed by atoms with Crippen LogP contribution >= 0.6 is 0 Å². The monoisotopic (exact) mass is 840 g/mol. The molecule has 8 unspecified atom stereocenters. The van der Waals surface area contributed by atoms with Crippen LogP contribution in [0.3, 0.4) is 0 Å². The Morgan fingerprint density at radius 2 is 1.02 bits per heavy atom. The number of nitrogens with one attached hydrogen (secondary N) is 1. The number of hydrogen-bond donors (Lipinski definition) is 7. The molecule has 0 spiro atoms. The van der Waals surface area contributed by atoms with E-state index in [1.165, 1.54) is 128 Å². The Balaban J connectivity index is 2.51. The lowest BCUT2D eigenvalue weighted by molar-refractivity contribution is -0.298. The van der Waals surface area contributed by atoms with Crippen LogP contribution in [0.1, 0.15) is 206 Å². The van der Waals surface area contributed by atoms with Crippen LogP contribution in [0.4, 0.5) is 0 Å². The van der Waals surface area contributed by atoms with Crippen LogP contribution < -0.4 is 5.32 Å². The lowest BCUT2D eigenvalue weighted by Gasteiger charge is -2.41. The molecule has 1 aliphatic heterocycles. The van der Waals surface area contributed by atoms with Crippen molar-refractivity contribution in [2.45, 2.75) is 255 Å². The van der Waals surface area contributed by atoms with Crippen LogP contribution in [0.5, 0.6) is 0 Å². The second-order valence-corrected chi connectivity index (χ2v) is 17.5. The topological polar surface area (TPSA) is 212 Å². The van der Waals surface area contributed by atoms with Gasteiger partial charge in [-0.2, -0.15) is 8.42 Å². The van der Waals surface area contributed by atoms with Gasteiger partial charge in [0.15, 0.2) is 6.29 Å². The quantitative estimate of drug-likeness (QED) is 0.0236. The summed E-state index contributed by atoms with van der Waals surface area (Å²) in [6.07, 6.45) is 23.0. The van der Waals surface area contributed by atoms with Crippen molar-refractivity contribution in [2.75, 3.05) is 13.2 Å². The molecule has 340 valence electrons. The van der Waals surface area contributed by atoms with Gasteiger partial charge in [0.2, 0.25) is 5.91 Å². The summed E-state index contributed by atoms with van der Waals surface area (Å²) in [7, 11) is -5.10. The van der Waals surface area contributed by atoms with Gasteiger partial charge < -0.3 is 40.3 Å². The molecule has 7 N–H and O–H groups in total. The number of ether oxygens (including phenoxy) is 2. The minimum atomic E-state index is -5.10. The minimum absolute atomic E-state index is 0.264. The molecule has 0 saturated carbocycles. The summed E-state index contributed by atoms with van der Waals surface area (Å²) in [5.74, 6) is -0.670. The number of carbonyl (C=O) groups excluding carboxylic acids is 1. The molecule has 0 radical (unpaired) electrons. The molecule has 0 bridgehead atoms. The maximum absolute atomic E-state index is 13.1. The van der Waals surface area contributed by atoms with Gasteiger partial charge in [-0.05, 0) is 12.8 Å². The van der Waals surface area contributed by atoms with Crippen molar-refractivity contribution in [3.8, 4) is 0 Å². The lowest BCUT2D eigenvalue weighted by atomic mass is 9.99. The summed E-state index contributed by atoms with van der Waals surface area (Å²) in [6, 6.07) is -1.03. The third-order valence-electron chi connectivity index (χ3n) is 11.3. The molecule has 1 fully saturated rings. The predicted molar refractivity (Wildman–Crippen MR) is 224 cm³/mol. The van der Waals surface area contributed by atoms with E-state index in [0.717, 1.165) is 38.5 Å². The Morgan fingerprint density at radius 3 is 1.40 bits per heavy atom. The number of hydrogen-bond acceptors (Lipinski definition) is 11. The molecule has 8 atom stereocenters. The van der Waals surface area contributed by atoms with E-state index in [9.17, 15) is 38.7 Å². The highest BCUT2D eigenvalue weighted by Gasteiger charge is 2.48. The van der Waals surface area contributed by atoms with Crippen molar-refractivity contribution < 1.29 is 57.0 Å². The molecule has 0 aromatic rings. The second-order valence-electron chi connectivity index (χ2n) is 16.5. The molecular weight excluding hydrogens is 755 g/mol. The average Bonchev–Trinajstić information content (AvgIpc) is 3.18. The predicted octanol–water partition coefficient (Wildman–Crippen LogP) is 7.58. The van der Waals surface area contributed by atoms with Crippen molar-refractivity contribution >= 4 is 16.3 Å². The fraction of sp³-hybridized carbons (Fsp3) is 0.977. The van der Waals surface area contributed by atoms with Crippen molar-refractivity contribution in [2.24, 2.45) is 0 Å². The Kier molecular flexibility index (Phi) is 33.0. The van der Waals surface area contributed by atoms with Gasteiger partial charge >= 0.3 is 10.4 Å². The van der Waals surface area contributed by atoms with Gasteiger partial charge in [-0.25, -0.2) is 4.18 Å². The number of unbranched alkanes of at least 4 members (excludes halogenated alkanes) is 26. The van der Waals surface area contributed by atoms with Gasteiger partial charge in [0.05, 0.1) is 25.4 Å². The van der Waals surface area contributed by atoms with E-state index < -0.39 is 78.5 Å². The van der Waals surface area contributed by atoms with E-state index in [1.54, 1.807) is 0 Å². The van der Waals surface area contributed by atoms with Gasteiger partial charge in [-0.1, -0.05) is 194 Å². The van der Waals surface area contributed by atoms with Crippen LogP contribution in [-0.2, 0) is 28.9 Å². The lowest BCUT2D eigenvalue weighted by Crippen LogP contribution is -2.61. The van der Waals surface area contributed by atoms with Gasteiger partial charge in [0, 0.05) is 0 Å². The SMILES string of the molecule is CCCCCCCCCCCCCCCCCCCCCC(O)C(COC1OC(CO)C(O)C(OS(=O)(=O)O)C1O)NC(=O)C(O)CCCCCCCCCCC. The Hall–Kier alpha value is -0.940. The highest BCUT2D eigenvalue weighted by Crippen LogP contribution is 2.26. The van der Waals surface area contributed by atoms with Crippen LogP contribution in [0.15, 0.2) is 0 Å². The largest absolute Gasteiger partial charge is 0.397 e. The maximum Gasteiger partial charge on any atom is 0.397 e. The van der Waals surface area contributed by atoms with Gasteiger partial charge in [-0.3, -0.25) is 9.35 Å². The highest BCUT2D eigenvalue weighted by molar-refractivity contribution is 7.80. The molecule has 1 rings (SSSR count). The van der Waals surface area contributed by atoms with E-state index in [0.29, 0.717) is 19.3 Å². The molecule has 14 heteroatoms. The third kappa shape index (κ3) is 27.5. The highest BCUT2D eigenvalue weighted by atomic mass is 32.3. The van der Waals surface area contributed by atoms with Gasteiger partial charge in [0.1, 0.15) is 30.5 Å². The van der Waals surface area contributed by atoms with Crippen LogP contribution in [0.2, 0.25) is 0 Å². The van der Waals surface area contributed by atoms with Crippen LogP contribution in [-0.4, -0.2) is 107 Å². The Morgan fingerprint density at radius 1 is 0.632 bits per heavy atom. The smallest absolute Gasteiger partial charge is 0.394 e. The van der Waals surface area contributed by atoms with Crippen molar-refractivity contribution in [3.05, 3.63) is 0 Å². The molecule has 13 nitrogen and oxygen atoms in total. The zero-order valence-corrected chi connectivity index (χ0v) is 36.6. The van der Waals surface area contributed by atoms with E-state index in [1.807, 2.05) is 0 Å². The first-order valence-electron chi connectivity index (χ1n) is 23.0. The van der Waals surface area contributed by atoms with E-state index in [4.69, 9.17) is 14.0 Å². The molecule has 0 aromatic heterocycles. The fourth-order valence-corrected chi connectivity index (χ4v) is 8.09. The molecule has 0 aliphatic carbocycles. The van der Waals surface area contributed by atoms with E-state index in [2.05, 4.69) is 23.3 Å². The number of aliphatic hydroxyl groups is 5. The summed E-state index contributed by atoms with van der Waals surface area (Å²) in [5.41, 5.74) is 0. The number of rotatable bonds is 39. The zero-order chi connectivity index (χ0) is 42.2. The van der Waals surface area contributed by atoms with Crippen molar-refractivity contribution in [1.29, 1.82) is 0 Å². The molecule has 0 aromatic carbocycles. The number of aliphatic hydroxyl groups excluding tert-OH is 5. The first kappa shape index (κ1) is 54.1.